The number of hydrogen-bond donors (Lipinski definition) is 0. The lowest BCUT2D eigenvalue weighted by Crippen LogP contribution is -2.29. The number of aryl methyl sites for hydroxylation is 1. The van der Waals surface area contributed by atoms with Gasteiger partial charge in [0.1, 0.15) is 5.82 Å². The maximum Gasteiger partial charge on any atom is 0.348 e. The van der Waals surface area contributed by atoms with E-state index in [1.165, 1.54) is 28.8 Å². The highest BCUT2D eigenvalue weighted by atomic mass is 79.9. The minimum Gasteiger partial charge on any atom is -0.292 e. The summed E-state index contributed by atoms with van der Waals surface area (Å²) in [5.74, 6) is -0.678. The Bertz CT molecular complexity index is 723. The molecule has 2 rings (SSSR count). The maximum atomic E-state index is 12.8. The average Bonchev–Trinajstić information content (AvgIpc) is 2.42. The Balaban J connectivity index is 2.35. The second-order valence-electron chi connectivity index (χ2n) is 4.40. The predicted molar refractivity (Wildman–Crippen MR) is 76.4 cm³/mol. The van der Waals surface area contributed by atoms with Crippen molar-refractivity contribution in [2.45, 2.75) is 20.4 Å². The third-order valence-corrected chi connectivity index (χ3v) is 4.15. The minimum absolute atomic E-state index is 0.123. The van der Waals surface area contributed by atoms with Crippen LogP contribution < -0.4 is 5.69 Å². The third-order valence-electron chi connectivity index (χ3n) is 3.00. The summed E-state index contributed by atoms with van der Waals surface area (Å²) in [6.45, 7) is 3.32. The molecule has 0 atom stereocenters. The van der Waals surface area contributed by atoms with Gasteiger partial charge in [-0.3, -0.25) is 9.36 Å². The van der Waals surface area contributed by atoms with E-state index in [2.05, 4.69) is 20.9 Å². The van der Waals surface area contributed by atoms with Crippen molar-refractivity contribution in [1.29, 1.82) is 0 Å². The SMILES string of the molecule is Cc1nc(=O)n(CC(=O)c2ccc(F)cc2)c(C)c1Br. The van der Waals surface area contributed by atoms with Crippen LogP contribution in [0.4, 0.5) is 4.39 Å². The Morgan fingerprint density at radius 2 is 1.90 bits per heavy atom. The van der Waals surface area contributed by atoms with Gasteiger partial charge in [0.05, 0.1) is 16.7 Å². The van der Waals surface area contributed by atoms with Crippen LogP contribution >= 0.6 is 15.9 Å². The normalized spacial score (nSPS) is 10.6. The summed E-state index contributed by atoms with van der Waals surface area (Å²) in [5, 5.41) is 0. The van der Waals surface area contributed by atoms with Gasteiger partial charge in [-0.15, -0.1) is 0 Å². The summed E-state index contributed by atoms with van der Waals surface area (Å²) in [4.78, 5) is 27.8. The fourth-order valence-corrected chi connectivity index (χ4v) is 2.14. The molecule has 0 saturated heterocycles. The topological polar surface area (TPSA) is 52.0 Å². The van der Waals surface area contributed by atoms with E-state index in [1.807, 2.05) is 0 Å². The van der Waals surface area contributed by atoms with Crippen molar-refractivity contribution in [3.63, 3.8) is 0 Å². The lowest BCUT2D eigenvalue weighted by atomic mass is 10.1. The summed E-state index contributed by atoms with van der Waals surface area (Å²) in [6.07, 6.45) is 0. The van der Waals surface area contributed by atoms with Crippen molar-refractivity contribution in [2.75, 3.05) is 0 Å². The van der Waals surface area contributed by atoms with Crippen LogP contribution in [0.3, 0.4) is 0 Å². The summed E-state index contributed by atoms with van der Waals surface area (Å²) < 4.78 is 14.8. The molecule has 0 saturated carbocycles. The van der Waals surface area contributed by atoms with Crippen molar-refractivity contribution in [1.82, 2.24) is 9.55 Å². The van der Waals surface area contributed by atoms with E-state index in [-0.39, 0.29) is 12.3 Å². The molecule has 0 unspecified atom stereocenters. The van der Waals surface area contributed by atoms with Gasteiger partial charge in [0.2, 0.25) is 0 Å². The van der Waals surface area contributed by atoms with Crippen LogP contribution in [0, 0.1) is 19.7 Å². The molecule has 0 aliphatic carbocycles. The van der Waals surface area contributed by atoms with Crippen molar-refractivity contribution in [2.24, 2.45) is 0 Å². The Kier molecular flexibility index (Phi) is 4.13. The van der Waals surface area contributed by atoms with Crippen LogP contribution in [0.5, 0.6) is 0 Å². The van der Waals surface area contributed by atoms with Gasteiger partial charge >= 0.3 is 5.69 Å². The first-order valence-corrected chi connectivity index (χ1v) is 6.71. The van der Waals surface area contributed by atoms with Gasteiger partial charge in [-0.25, -0.2) is 9.18 Å². The van der Waals surface area contributed by atoms with Crippen molar-refractivity contribution < 1.29 is 9.18 Å². The number of aromatic nitrogens is 2. The fourth-order valence-electron chi connectivity index (χ4n) is 1.83. The van der Waals surface area contributed by atoms with Gasteiger partial charge in [0.15, 0.2) is 5.78 Å². The Morgan fingerprint density at radius 1 is 1.30 bits per heavy atom. The number of Topliss-reactive ketones (excluding diaryl/α,β-unsaturated/α-hetero) is 1. The molecule has 0 bridgehead atoms. The van der Waals surface area contributed by atoms with Crippen molar-refractivity contribution >= 4 is 21.7 Å². The summed E-state index contributed by atoms with van der Waals surface area (Å²) in [6, 6.07) is 5.22. The minimum atomic E-state index is -0.473. The number of benzene rings is 1. The van der Waals surface area contributed by atoms with E-state index < -0.39 is 11.5 Å². The molecule has 0 radical (unpaired) electrons. The summed E-state index contributed by atoms with van der Waals surface area (Å²) in [5.41, 5.74) is 1.10. The van der Waals surface area contributed by atoms with Gasteiger partial charge < -0.3 is 0 Å². The molecule has 0 N–H and O–H groups in total. The molecule has 0 aliphatic rings. The van der Waals surface area contributed by atoms with E-state index in [0.29, 0.717) is 21.4 Å². The molecule has 0 amide bonds. The van der Waals surface area contributed by atoms with Gasteiger partial charge in [0.25, 0.3) is 0 Å². The summed E-state index contributed by atoms with van der Waals surface area (Å²) in [7, 11) is 0. The molecule has 4 nitrogen and oxygen atoms in total. The maximum absolute atomic E-state index is 12.8. The second kappa shape index (κ2) is 5.66. The molecule has 20 heavy (non-hydrogen) atoms. The monoisotopic (exact) mass is 338 g/mol. The zero-order chi connectivity index (χ0) is 14.9. The number of ketones is 1. The average molecular weight is 339 g/mol. The van der Waals surface area contributed by atoms with Crippen LogP contribution in [0.2, 0.25) is 0 Å². The molecule has 0 spiro atoms. The molecular weight excluding hydrogens is 327 g/mol. The highest BCUT2D eigenvalue weighted by Gasteiger charge is 2.13. The zero-order valence-corrected chi connectivity index (χ0v) is 12.6. The smallest absolute Gasteiger partial charge is 0.292 e. The Labute approximate surface area is 123 Å². The van der Waals surface area contributed by atoms with Crippen LogP contribution in [0.1, 0.15) is 21.7 Å². The molecule has 0 fully saturated rings. The van der Waals surface area contributed by atoms with E-state index in [4.69, 9.17) is 0 Å². The molecule has 1 aromatic carbocycles. The van der Waals surface area contributed by atoms with Crippen LogP contribution in [-0.2, 0) is 6.54 Å². The number of halogens is 2. The number of carbonyl (C=O) groups excluding carboxylic acids is 1. The number of carbonyl (C=O) groups is 1. The Hall–Kier alpha value is -1.82. The number of hydrogen-bond acceptors (Lipinski definition) is 3. The third kappa shape index (κ3) is 2.85. The van der Waals surface area contributed by atoms with E-state index in [0.717, 1.165) is 0 Å². The molecular formula is C14H12BrFN2O2. The molecule has 0 aliphatic heterocycles. The van der Waals surface area contributed by atoms with E-state index in [9.17, 15) is 14.0 Å². The van der Waals surface area contributed by atoms with E-state index in [1.54, 1.807) is 13.8 Å². The lowest BCUT2D eigenvalue weighted by Gasteiger charge is -2.11. The number of rotatable bonds is 3. The quantitative estimate of drug-likeness (QED) is 0.808. The highest BCUT2D eigenvalue weighted by Crippen LogP contribution is 2.17. The van der Waals surface area contributed by atoms with Crippen LogP contribution in [-0.4, -0.2) is 15.3 Å². The fraction of sp³-hybridized carbons (Fsp3) is 0.214. The standard InChI is InChI=1S/C14H12BrFN2O2/c1-8-13(15)9(2)18(14(20)17-8)7-12(19)10-3-5-11(16)6-4-10/h3-6H,7H2,1-2H3. The molecule has 104 valence electrons. The second-order valence-corrected chi connectivity index (χ2v) is 5.19. The Morgan fingerprint density at radius 3 is 2.50 bits per heavy atom. The predicted octanol–water partition coefficient (Wildman–Crippen LogP) is 2.64. The molecule has 1 aromatic heterocycles. The first kappa shape index (κ1) is 14.6. The first-order valence-electron chi connectivity index (χ1n) is 5.92. The zero-order valence-electron chi connectivity index (χ0n) is 11.0. The van der Waals surface area contributed by atoms with Crippen molar-refractivity contribution in [3.8, 4) is 0 Å². The van der Waals surface area contributed by atoms with Gasteiger partial charge in [0, 0.05) is 11.3 Å². The molecule has 1 heterocycles. The lowest BCUT2D eigenvalue weighted by molar-refractivity contribution is 0.0969. The van der Waals surface area contributed by atoms with Gasteiger partial charge in [-0.2, -0.15) is 4.98 Å². The molecule has 2 aromatic rings. The van der Waals surface area contributed by atoms with Crippen LogP contribution in [0.15, 0.2) is 33.5 Å². The van der Waals surface area contributed by atoms with Crippen molar-refractivity contribution in [3.05, 3.63) is 62.0 Å². The number of nitrogens with zero attached hydrogens (tertiary/aromatic N) is 2. The van der Waals surface area contributed by atoms with E-state index >= 15 is 0 Å². The van der Waals surface area contributed by atoms with Gasteiger partial charge in [-0.05, 0) is 54.0 Å². The van der Waals surface area contributed by atoms with Gasteiger partial charge in [-0.1, -0.05) is 0 Å². The largest absolute Gasteiger partial charge is 0.348 e. The van der Waals surface area contributed by atoms with Crippen LogP contribution in [0.25, 0.3) is 0 Å². The first-order chi connectivity index (χ1) is 9.40. The summed E-state index contributed by atoms with van der Waals surface area (Å²) >= 11 is 3.34. The molecule has 6 heteroatoms. The highest BCUT2D eigenvalue weighted by molar-refractivity contribution is 9.10.